The Hall–Kier alpha value is -1.02. The van der Waals surface area contributed by atoms with Crippen LogP contribution in [0, 0.1) is 5.92 Å². The zero-order chi connectivity index (χ0) is 11.2. The topological polar surface area (TPSA) is 12.5 Å². The Balaban J connectivity index is 1.81. The minimum atomic E-state index is 0.764. The summed E-state index contributed by atoms with van der Waals surface area (Å²) in [5.41, 5.74) is 1.36. The van der Waals surface area contributed by atoms with Crippen molar-refractivity contribution in [3.8, 4) is 0 Å². The van der Waals surface area contributed by atoms with E-state index in [1.54, 1.807) is 0 Å². The van der Waals surface area contributed by atoms with Crippen LogP contribution in [0.25, 0.3) is 0 Å². The van der Waals surface area contributed by atoms with Gasteiger partial charge in [0.25, 0.3) is 0 Å². The van der Waals surface area contributed by atoms with Crippen molar-refractivity contribution in [1.29, 1.82) is 0 Å². The first kappa shape index (κ1) is 11.5. The maximum absolute atomic E-state index is 5.50. The average Bonchev–Trinajstić information content (AvgIpc) is 2.38. The van der Waals surface area contributed by atoms with Crippen LogP contribution in [0.1, 0.15) is 19.8 Å². The molecule has 0 unspecified atom stereocenters. The molecular weight excluding hydrogens is 198 g/mol. The van der Waals surface area contributed by atoms with E-state index < -0.39 is 0 Å². The third-order valence-electron chi connectivity index (χ3n) is 3.29. The molecule has 0 bridgehead atoms. The first-order chi connectivity index (χ1) is 7.90. The van der Waals surface area contributed by atoms with Gasteiger partial charge >= 0.3 is 0 Å². The van der Waals surface area contributed by atoms with E-state index in [4.69, 9.17) is 4.74 Å². The largest absolute Gasteiger partial charge is 0.381 e. The van der Waals surface area contributed by atoms with Crippen molar-refractivity contribution in [2.45, 2.75) is 19.8 Å². The number of anilines is 1. The van der Waals surface area contributed by atoms with E-state index in [0.29, 0.717) is 0 Å². The fourth-order valence-corrected chi connectivity index (χ4v) is 2.28. The van der Waals surface area contributed by atoms with Crippen LogP contribution in [0.4, 0.5) is 5.69 Å². The van der Waals surface area contributed by atoms with Gasteiger partial charge in [-0.25, -0.2) is 0 Å². The van der Waals surface area contributed by atoms with E-state index in [9.17, 15) is 0 Å². The minimum absolute atomic E-state index is 0.764. The summed E-state index contributed by atoms with van der Waals surface area (Å²) in [6.07, 6.45) is 2.52. The maximum atomic E-state index is 5.50. The van der Waals surface area contributed by atoms with Crippen LogP contribution >= 0.6 is 0 Å². The molecule has 0 N–H and O–H groups in total. The van der Waals surface area contributed by atoms with Crippen molar-refractivity contribution >= 4 is 5.69 Å². The molecule has 0 aliphatic carbocycles. The number of para-hydroxylation sites is 1. The second-order valence-electron chi connectivity index (χ2n) is 4.43. The summed E-state index contributed by atoms with van der Waals surface area (Å²) in [6.45, 7) is 6.20. The van der Waals surface area contributed by atoms with Crippen molar-refractivity contribution in [1.82, 2.24) is 0 Å². The highest BCUT2D eigenvalue weighted by Gasteiger charge is 2.18. The van der Waals surface area contributed by atoms with Crippen LogP contribution in [-0.4, -0.2) is 26.3 Å². The maximum Gasteiger partial charge on any atom is 0.0495 e. The van der Waals surface area contributed by atoms with Crippen LogP contribution in [0.2, 0.25) is 0 Å². The van der Waals surface area contributed by atoms with Crippen LogP contribution in [-0.2, 0) is 4.74 Å². The zero-order valence-electron chi connectivity index (χ0n) is 10.1. The summed E-state index contributed by atoms with van der Waals surface area (Å²) in [4.78, 5) is 2.47. The monoisotopic (exact) mass is 219 g/mol. The van der Waals surface area contributed by atoms with Gasteiger partial charge in [-0.15, -0.1) is 0 Å². The number of piperidine rings is 1. The van der Waals surface area contributed by atoms with Crippen LogP contribution < -0.4 is 4.90 Å². The minimum Gasteiger partial charge on any atom is -0.381 e. The normalized spacial score (nSPS) is 17.7. The van der Waals surface area contributed by atoms with E-state index in [1.165, 1.54) is 31.6 Å². The molecule has 16 heavy (non-hydrogen) atoms. The number of ether oxygens (including phenoxy) is 1. The van der Waals surface area contributed by atoms with Crippen molar-refractivity contribution in [2.24, 2.45) is 5.92 Å². The molecule has 0 saturated carbocycles. The predicted molar refractivity (Wildman–Crippen MR) is 67.9 cm³/mol. The van der Waals surface area contributed by atoms with Crippen LogP contribution in [0.5, 0.6) is 0 Å². The van der Waals surface area contributed by atoms with Crippen molar-refractivity contribution < 1.29 is 4.74 Å². The lowest BCUT2D eigenvalue weighted by molar-refractivity contribution is 0.100. The summed E-state index contributed by atoms with van der Waals surface area (Å²) in [6, 6.07) is 10.7. The Morgan fingerprint density at radius 3 is 2.50 bits per heavy atom. The number of rotatable bonds is 4. The molecule has 1 aliphatic rings. The van der Waals surface area contributed by atoms with E-state index in [1.807, 2.05) is 0 Å². The lowest BCUT2D eigenvalue weighted by Crippen LogP contribution is -2.35. The number of nitrogens with zero attached hydrogens (tertiary/aromatic N) is 1. The number of hydrogen-bond acceptors (Lipinski definition) is 2. The predicted octanol–water partition coefficient (Wildman–Crippen LogP) is 2.94. The summed E-state index contributed by atoms with van der Waals surface area (Å²) in [5.74, 6) is 0.764. The molecule has 2 heteroatoms. The van der Waals surface area contributed by atoms with Gasteiger partial charge in [0.15, 0.2) is 0 Å². The van der Waals surface area contributed by atoms with Gasteiger partial charge in [0.2, 0.25) is 0 Å². The molecule has 1 aromatic carbocycles. The van der Waals surface area contributed by atoms with Gasteiger partial charge in [-0.1, -0.05) is 18.2 Å². The lowest BCUT2D eigenvalue weighted by atomic mass is 9.97. The highest BCUT2D eigenvalue weighted by Crippen LogP contribution is 2.22. The van der Waals surface area contributed by atoms with Gasteiger partial charge in [-0.2, -0.15) is 0 Å². The smallest absolute Gasteiger partial charge is 0.0495 e. The van der Waals surface area contributed by atoms with Crippen LogP contribution in [0.15, 0.2) is 30.3 Å². The molecule has 0 atom stereocenters. The van der Waals surface area contributed by atoms with E-state index in [2.05, 4.69) is 42.2 Å². The molecule has 1 fully saturated rings. The molecular formula is C14H21NO. The molecule has 1 aliphatic heterocycles. The van der Waals surface area contributed by atoms with Crippen molar-refractivity contribution in [2.75, 3.05) is 31.2 Å². The fraction of sp³-hybridized carbons (Fsp3) is 0.571. The summed E-state index contributed by atoms with van der Waals surface area (Å²) in [7, 11) is 0. The molecule has 1 aromatic rings. The number of hydrogen-bond donors (Lipinski definition) is 0. The van der Waals surface area contributed by atoms with Gasteiger partial charge in [0, 0.05) is 32.0 Å². The van der Waals surface area contributed by atoms with Gasteiger partial charge in [-0.05, 0) is 37.8 Å². The highest BCUT2D eigenvalue weighted by molar-refractivity contribution is 5.46. The molecule has 0 amide bonds. The van der Waals surface area contributed by atoms with E-state index >= 15 is 0 Å². The molecule has 2 rings (SSSR count). The fourth-order valence-electron chi connectivity index (χ4n) is 2.28. The Labute approximate surface area is 98.2 Å². The number of benzene rings is 1. The van der Waals surface area contributed by atoms with E-state index in [0.717, 1.165) is 19.1 Å². The Kier molecular flexibility index (Phi) is 4.23. The Morgan fingerprint density at radius 2 is 1.88 bits per heavy atom. The first-order valence-electron chi connectivity index (χ1n) is 6.28. The van der Waals surface area contributed by atoms with Gasteiger partial charge < -0.3 is 9.64 Å². The summed E-state index contributed by atoms with van der Waals surface area (Å²) >= 11 is 0. The Morgan fingerprint density at radius 1 is 1.19 bits per heavy atom. The molecule has 0 radical (unpaired) electrons. The third kappa shape index (κ3) is 2.99. The SMILES string of the molecule is CCOCC1CCN(c2ccccc2)CC1. The van der Waals surface area contributed by atoms with Gasteiger partial charge in [0.05, 0.1) is 0 Å². The first-order valence-corrected chi connectivity index (χ1v) is 6.28. The molecule has 2 nitrogen and oxygen atoms in total. The molecule has 1 saturated heterocycles. The average molecular weight is 219 g/mol. The Bertz CT molecular complexity index is 291. The van der Waals surface area contributed by atoms with Crippen LogP contribution in [0.3, 0.4) is 0 Å². The molecule has 0 spiro atoms. The van der Waals surface area contributed by atoms with E-state index in [-0.39, 0.29) is 0 Å². The summed E-state index contributed by atoms with van der Waals surface area (Å²) in [5, 5.41) is 0. The zero-order valence-corrected chi connectivity index (χ0v) is 10.1. The van der Waals surface area contributed by atoms with Gasteiger partial charge in [0.1, 0.15) is 0 Å². The highest BCUT2D eigenvalue weighted by atomic mass is 16.5. The second kappa shape index (κ2) is 5.90. The quantitative estimate of drug-likeness (QED) is 0.772. The second-order valence-corrected chi connectivity index (χ2v) is 4.43. The standard InChI is InChI=1S/C14H21NO/c1-2-16-12-13-8-10-15(11-9-13)14-6-4-3-5-7-14/h3-7,13H,2,8-12H2,1H3. The van der Waals surface area contributed by atoms with Crippen molar-refractivity contribution in [3.63, 3.8) is 0 Å². The summed E-state index contributed by atoms with van der Waals surface area (Å²) < 4.78 is 5.50. The molecule has 88 valence electrons. The third-order valence-corrected chi connectivity index (χ3v) is 3.29. The van der Waals surface area contributed by atoms with Gasteiger partial charge in [-0.3, -0.25) is 0 Å². The molecule has 0 aromatic heterocycles. The molecule has 1 heterocycles. The lowest BCUT2D eigenvalue weighted by Gasteiger charge is -2.33. The van der Waals surface area contributed by atoms with Crippen molar-refractivity contribution in [3.05, 3.63) is 30.3 Å².